The molecule has 1 amide bonds. The molecule has 4 rings (SSSR count). The molecule has 2 aliphatic rings. The molecule has 2 aromatic rings. The van der Waals surface area contributed by atoms with Gasteiger partial charge in [-0.3, -0.25) is 14.4 Å². The third-order valence-electron chi connectivity index (χ3n) is 6.42. The van der Waals surface area contributed by atoms with Crippen LogP contribution in [0.5, 0.6) is 0 Å². The summed E-state index contributed by atoms with van der Waals surface area (Å²) in [6.07, 6.45) is 5.00. The fourth-order valence-corrected chi connectivity index (χ4v) is 4.66. The highest BCUT2D eigenvalue weighted by Gasteiger charge is 2.30. The summed E-state index contributed by atoms with van der Waals surface area (Å²) in [5.74, 6) is -1.39. The van der Waals surface area contributed by atoms with Crippen LogP contribution >= 0.6 is 0 Å². The van der Waals surface area contributed by atoms with Crippen molar-refractivity contribution in [3.8, 4) is 0 Å². The first-order valence-electron chi connectivity index (χ1n) is 12.3. The van der Waals surface area contributed by atoms with Crippen LogP contribution in [0.3, 0.4) is 0 Å². The molecule has 0 radical (unpaired) electrons. The molecule has 0 saturated carbocycles. The van der Waals surface area contributed by atoms with Crippen molar-refractivity contribution in [3.05, 3.63) is 62.3 Å². The topological polar surface area (TPSA) is 92.4 Å². The molecule has 1 N–H and O–H groups in total. The van der Waals surface area contributed by atoms with Gasteiger partial charge in [0.2, 0.25) is 0 Å². The molecule has 1 saturated heterocycles. The smallest absolute Gasteiger partial charge is 0.309 e. The number of aromatic amines is 1. The first-order valence-corrected chi connectivity index (χ1v) is 12.3. The van der Waals surface area contributed by atoms with Crippen LogP contribution in [0, 0.1) is 11.7 Å². The number of fused-ring (bicyclic) bond motifs is 1. The summed E-state index contributed by atoms with van der Waals surface area (Å²) in [6, 6.07) is 4.55. The van der Waals surface area contributed by atoms with E-state index in [-0.39, 0.29) is 28.9 Å². The fraction of sp³-hybridized carbons (Fsp3) is 0.538. The van der Waals surface area contributed by atoms with E-state index >= 15 is 0 Å². The molecule has 184 valence electrons. The normalized spacial score (nSPS) is 15.7. The zero-order valence-electron chi connectivity index (χ0n) is 20.3. The quantitative estimate of drug-likeness (QED) is 0.670. The Labute approximate surface area is 199 Å². The number of halogens is 1. The molecule has 0 bridgehead atoms. The second-order valence-corrected chi connectivity index (χ2v) is 8.47. The zero-order chi connectivity index (χ0) is 24.7. The van der Waals surface area contributed by atoms with E-state index in [1.54, 1.807) is 24.0 Å². The Morgan fingerprint density at radius 3 is 2.50 bits per heavy atom. The maximum Gasteiger partial charge on any atom is 0.309 e. The molecule has 2 heterocycles. The van der Waals surface area contributed by atoms with E-state index in [1.165, 1.54) is 6.07 Å². The minimum Gasteiger partial charge on any atom is -0.466 e. The lowest BCUT2D eigenvalue weighted by Crippen LogP contribution is -2.41. The Kier molecular flexibility index (Phi) is 8.96. The van der Waals surface area contributed by atoms with Gasteiger partial charge in [0.25, 0.3) is 11.5 Å². The summed E-state index contributed by atoms with van der Waals surface area (Å²) in [6.45, 7) is 6.88. The van der Waals surface area contributed by atoms with E-state index in [9.17, 15) is 18.8 Å². The highest BCUT2D eigenvalue weighted by atomic mass is 19.1. The Balaban J connectivity index is 0.00000158. The maximum absolute atomic E-state index is 14.6. The minimum atomic E-state index is -0.567. The number of benzene rings is 1. The molecule has 1 aliphatic carbocycles. The summed E-state index contributed by atoms with van der Waals surface area (Å²) >= 11 is 0. The molecule has 7 nitrogen and oxygen atoms in total. The van der Waals surface area contributed by atoms with Crippen molar-refractivity contribution in [2.75, 3.05) is 19.7 Å². The summed E-state index contributed by atoms with van der Waals surface area (Å²) < 4.78 is 19.6. The predicted octanol–water partition coefficient (Wildman–Crippen LogP) is 3.82. The molecule has 1 aliphatic heterocycles. The Hall–Kier alpha value is -3.03. The maximum atomic E-state index is 14.6. The SMILES string of the molecule is CC.CCOC(=O)C1CCN(C(=O)c2cc(Cc3n[nH]c(=O)c4c3CCCC4)ccc2F)CC1. The van der Waals surface area contributed by atoms with E-state index in [1.807, 2.05) is 13.8 Å². The van der Waals surface area contributed by atoms with Crippen molar-refractivity contribution in [1.29, 1.82) is 0 Å². The van der Waals surface area contributed by atoms with Gasteiger partial charge in [-0.2, -0.15) is 5.10 Å². The largest absolute Gasteiger partial charge is 0.466 e. The summed E-state index contributed by atoms with van der Waals surface area (Å²) in [5, 5.41) is 6.82. The molecule has 1 aromatic heterocycles. The number of nitrogens with one attached hydrogen (secondary N) is 1. The number of H-pyrrole nitrogens is 1. The van der Waals surface area contributed by atoms with Crippen LogP contribution in [0.1, 0.15) is 79.2 Å². The number of ether oxygens (including phenoxy) is 1. The van der Waals surface area contributed by atoms with E-state index in [0.29, 0.717) is 39.0 Å². The number of piperidine rings is 1. The Bertz CT molecular complexity index is 1070. The van der Waals surface area contributed by atoms with Gasteiger partial charge in [0.15, 0.2) is 0 Å². The molecular weight excluding hydrogens is 437 g/mol. The van der Waals surface area contributed by atoms with Crippen molar-refractivity contribution in [1.82, 2.24) is 15.1 Å². The van der Waals surface area contributed by atoms with Crippen LogP contribution in [-0.4, -0.2) is 46.7 Å². The molecule has 1 fully saturated rings. The molecule has 0 spiro atoms. The molecule has 34 heavy (non-hydrogen) atoms. The average molecular weight is 472 g/mol. The molecule has 0 atom stereocenters. The summed E-state index contributed by atoms with van der Waals surface area (Å²) in [5.41, 5.74) is 3.21. The van der Waals surface area contributed by atoms with Gasteiger partial charge < -0.3 is 9.64 Å². The fourth-order valence-electron chi connectivity index (χ4n) is 4.66. The standard InChI is InChI=1S/C24H28FN3O4.C2H6/c1-2-32-24(31)16-9-11-28(12-10-16)23(30)19-13-15(7-8-20(19)25)14-21-17-5-3-4-6-18(17)22(29)27-26-21;1-2/h7-8,13,16H,2-6,9-12,14H2,1H3,(H,27,29);1-2H3. The third kappa shape index (κ3) is 5.72. The van der Waals surface area contributed by atoms with Gasteiger partial charge in [0.1, 0.15) is 5.82 Å². The molecular formula is C26H34FN3O4. The van der Waals surface area contributed by atoms with Gasteiger partial charge in [-0.05, 0) is 68.7 Å². The van der Waals surface area contributed by atoms with Gasteiger partial charge in [-0.1, -0.05) is 19.9 Å². The Morgan fingerprint density at radius 2 is 1.82 bits per heavy atom. The highest BCUT2D eigenvalue weighted by Crippen LogP contribution is 2.24. The van der Waals surface area contributed by atoms with Crippen molar-refractivity contribution in [2.24, 2.45) is 5.92 Å². The predicted molar refractivity (Wildman–Crippen MR) is 127 cm³/mol. The van der Waals surface area contributed by atoms with Crippen LogP contribution in [0.4, 0.5) is 4.39 Å². The van der Waals surface area contributed by atoms with E-state index in [2.05, 4.69) is 10.2 Å². The number of nitrogens with zero attached hydrogens (tertiary/aromatic N) is 2. The zero-order valence-corrected chi connectivity index (χ0v) is 20.3. The second kappa shape index (κ2) is 11.9. The van der Waals surface area contributed by atoms with Crippen molar-refractivity contribution >= 4 is 11.9 Å². The number of aromatic nitrogens is 2. The lowest BCUT2D eigenvalue weighted by molar-refractivity contribution is -0.149. The highest BCUT2D eigenvalue weighted by molar-refractivity contribution is 5.95. The van der Waals surface area contributed by atoms with Crippen LogP contribution in [-0.2, 0) is 28.8 Å². The van der Waals surface area contributed by atoms with E-state index < -0.39 is 5.82 Å². The summed E-state index contributed by atoms with van der Waals surface area (Å²) in [7, 11) is 0. The van der Waals surface area contributed by atoms with Crippen molar-refractivity contribution in [3.63, 3.8) is 0 Å². The van der Waals surface area contributed by atoms with E-state index in [0.717, 1.165) is 48.1 Å². The van der Waals surface area contributed by atoms with Crippen molar-refractivity contribution in [2.45, 2.75) is 65.7 Å². The number of likely N-dealkylation sites (tertiary alicyclic amines) is 1. The number of amides is 1. The van der Waals surface area contributed by atoms with Crippen LogP contribution in [0.2, 0.25) is 0 Å². The first-order chi connectivity index (χ1) is 16.5. The van der Waals surface area contributed by atoms with Gasteiger partial charge >= 0.3 is 5.97 Å². The van der Waals surface area contributed by atoms with Crippen LogP contribution in [0.25, 0.3) is 0 Å². The molecule has 0 unspecified atom stereocenters. The van der Waals surface area contributed by atoms with Gasteiger partial charge in [-0.15, -0.1) is 0 Å². The van der Waals surface area contributed by atoms with Crippen LogP contribution in [0.15, 0.2) is 23.0 Å². The van der Waals surface area contributed by atoms with Crippen LogP contribution < -0.4 is 5.56 Å². The van der Waals surface area contributed by atoms with Gasteiger partial charge in [0.05, 0.1) is 23.8 Å². The number of carbonyl (C=O) groups excluding carboxylic acids is 2. The average Bonchev–Trinajstić information content (AvgIpc) is 2.88. The number of hydrogen-bond acceptors (Lipinski definition) is 5. The first kappa shape index (κ1) is 25.6. The lowest BCUT2D eigenvalue weighted by atomic mass is 9.90. The molecule has 1 aromatic carbocycles. The van der Waals surface area contributed by atoms with Gasteiger partial charge in [0, 0.05) is 25.1 Å². The third-order valence-corrected chi connectivity index (χ3v) is 6.42. The Morgan fingerprint density at radius 1 is 1.15 bits per heavy atom. The number of esters is 1. The number of rotatable bonds is 5. The number of hydrogen-bond donors (Lipinski definition) is 1. The van der Waals surface area contributed by atoms with Crippen molar-refractivity contribution < 1.29 is 18.7 Å². The number of carbonyl (C=O) groups is 2. The molecule has 8 heteroatoms. The monoisotopic (exact) mass is 471 g/mol. The van der Waals surface area contributed by atoms with E-state index in [4.69, 9.17) is 4.74 Å². The van der Waals surface area contributed by atoms with Gasteiger partial charge in [-0.25, -0.2) is 9.49 Å². The summed E-state index contributed by atoms with van der Waals surface area (Å²) in [4.78, 5) is 38.6. The lowest BCUT2D eigenvalue weighted by Gasteiger charge is -2.31. The second-order valence-electron chi connectivity index (χ2n) is 8.47. The minimum absolute atomic E-state index is 0.0235.